The van der Waals surface area contributed by atoms with Crippen molar-refractivity contribution in [2.24, 2.45) is 5.92 Å². The van der Waals surface area contributed by atoms with Crippen LogP contribution in [0.3, 0.4) is 0 Å². The Balaban J connectivity index is 1.16. The Bertz CT molecular complexity index is 1250. The van der Waals surface area contributed by atoms with Crippen molar-refractivity contribution < 1.29 is 14.3 Å². The van der Waals surface area contributed by atoms with E-state index in [1.807, 2.05) is 30.3 Å². The molecule has 1 unspecified atom stereocenters. The largest absolute Gasteiger partial charge is 0.456 e. The van der Waals surface area contributed by atoms with Gasteiger partial charge in [-0.15, -0.1) is 0 Å². The van der Waals surface area contributed by atoms with E-state index in [1.165, 1.54) is 6.20 Å². The van der Waals surface area contributed by atoms with E-state index in [1.54, 1.807) is 35.4 Å². The summed E-state index contributed by atoms with van der Waals surface area (Å²) in [7, 11) is 0. The van der Waals surface area contributed by atoms with Gasteiger partial charge >= 0.3 is 0 Å². The monoisotopic (exact) mass is 502 g/mol. The minimum Gasteiger partial charge on any atom is -0.456 e. The van der Waals surface area contributed by atoms with Gasteiger partial charge in [0.1, 0.15) is 29.1 Å². The Morgan fingerprint density at radius 2 is 1.75 bits per heavy atom. The molecule has 36 heavy (non-hydrogen) atoms. The Kier molecular flexibility index (Phi) is 7.03. The van der Waals surface area contributed by atoms with Gasteiger partial charge in [-0.1, -0.05) is 18.2 Å². The van der Waals surface area contributed by atoms with Gasteiger partial charge in [0.2, 0.25) is 11.8 Å². The number of thiocarbonyl (C=S) groups is 1. The van der Waals surface area contributed by atoms with Gasteiger partial charge in [0, 0.05) is 37.6 Å². The molecule has 2 aliphatic rings. The van der Waals surface area contributed by atoms with Gasteiger partial charge in [0.05, 0.1) is 6.20 Å². The molecule has 1 atom stereocenters. The molecule has 1 aromatic carbocycles. The molecule has 5 rings (SSSR count). The first-order valence-electron chi connectivity index (χ1n) is 11.9. The summed E-state index contributed by atoms with van der Waals surface area (Å²) < 4.78 is 5.89. The van der Waals surface area contributed by atoms with Crippen LogP contribution in [0.15, 0.2) is 67.0 Å². The number of pyridine rings is 2. The van der Waals surface area contributed by atoms with Crippen LogP contribution in [-0.4, -0.2) is 51.4 Å². The van der Waals surface area contributed by atoms with Gasteiger partial charge in [-0.2, -0.15) is 0 Å². The highest BCUT2D eigenvalue weighted by Gasteiger charge is 2.37. The average Bonchev–Trinajstić information content (AvgIpc) is 3.56. The lowest BCUT2D eigenvalue weighted by Gasteiger charge is -2.19. The van der Waals surface area contributed by atoms with E-state index in [2.05, 4.69) is 25.5 Å². The number of aromatic nitrogens is 2. The first-order valence-corrected chi connectivity index (χ1v) is 12.3. The fourth-order valence-corrected chi connectivity index (χ4v) is 4.59. The summed E-state index contributed by atoms with van der Waals surface area (Å²) in [5.41, 5.74) is 0.796. The molecule has 3 aromatic rings. The molecule has 9 nitrogen and oxygen atoms in total. The molecule has 2 aromatic heterocycles. The van der Waals surface area contributed by atoms with Crippen LogP contribution in [0.2, 0.25) is 0 Å². The number of carbonyl (C=O) groups excluding carboxylic acids is 2. The predicted molar refractivity (Wildman–Crippen MR) is 141 cm³/mol. The molecule has 184 valence electrons. The van der Waals surface area contributed by atoms with Gasteiger partial charge in [-0.3, -0.25) is 9.59 Å². The number of para-hydroxylation sites is 1. The standard InChI is InChI=1S/C26H26N6O3S/c33-24(21-11-15-32(25(21)34)18-6-2-1-3-7-18)29-22-9-8-20(17-28-22)35-19-10-12-27-23(16-19)30-26(36)31-13-4-5-14-31/h1-3,6-10,12,16-17,21H,4-5,11,13-15H2,(H,27,30,36)(H,28,29,33). The molecule has 2 amide bonds. The molecule has 10 heteroatoms. The third-order valence-corrected chi connectivity index (χ3v) is 6.53. The van der Waals surface area contributed by atoms with Crippen molar-refractivity contribution in [2.75, 3.05) is 35.2 Å². The Morgan fingerprint density at radius 1 is 0.944 bits per heavy atom. The molecule has 0 spiro atoms. The minimum absolute atomic E-state index is 0.204. The van der Waals surface area contributed by atoms with Crippen molar-refractivity contribution in [2.45, 2.75) is 19.3 Å². The van der Waals surface area contributed by atoms with Crippen LogP contribution in [0.1, 0.15) is 19.3 Å². The zero-order valence-electron chi connectivity index (χ0n) is 19.6. The number of likely N-dealkylation sites (tertiary alicyclic amines) is 1. The number of hydrogen-bond acceptors (Lipinski definition) is 6. The van der Waals surface area contributed by atoms with Gasteiger partial charge < -0.3 is 25.2 Å². The smallest absolute Gasteiger partial charge is 0.239 e. The van der Waals surface area contributed by atoms with Crippen LogP contribution < -0.4 is 20.3 Å². The quantitative estimate of drug-likeness (QED) is 0.385. The second kappa shape index (κ2) is 10.7. The maximum atomic E-state index is 12.8. The second-order valence-corrected chi connectivity index (χ2v) is 9.02. The summed E-state index contributed by atoms with van der Waals surface area (Å²) in [4.78, 5) is 37.9. The van der Waals surface area contributed by atoms with Crippen molar-refractivity contribution in [3.63, 3.8) is 0 Å². The van der Waals surface area contributed by atoms with Crippen LogP contribution in [-0.2, 0) is 9.59 Å². The maximum absolute atomic E-state index is 12.8. The lowest BCUT2D eigenvalue weighted by atomic mass is 10.1. The molecule has 0 radical (unpaired) electrons. The van der Waals surface area contributed by atoms with Gasteiger partial charge in [0.15, 0.2) is 5.11 Å². The fraction of sp³-hybridized carbons (Fsp3) is 0.269. The number of hydrogen-bond donors (Lipinski definition) is 2. The lowest BCUT2D eigenvalue weighted by Crippen LogP contribution is -2.33. The molecule has 0 aliphatic carbocycles. The minimum atomic E-state index is -0.739. The summed E-state index contributed by atoms with van der Waals surface area (Å²) >= 11 is 5.46. The third-order valence-electron chi connectivity index (χ3n) is 6.17. The molecule has 0 saturated carbocycles. The maximum Gasteiger partial charge on any atom is 0.239 e. The number of benzene rings is 1. The molecule has 2 fully saturated rings. The third kappa shape index (κ3) is 5.44. The second-order valence-electron chi connectivity index (χ2n) is 8.64. The van der Waals surface area contributed by atoms with Crippen molar-refractivity contribution in [3.05, 3.63) is 67.0 Å². The van der Waals surface area contributed by atoms with Crippen LogP contribution >= 0.6 is 12.2 Å². The van der Waals surface area contributed by atoms with E-state index in [9.17, 15) is 9.59 Å². The number of nitrogens with zero attached hydrogens (tertiary/aromatic N) is 4. The average molecular weight is 503 g/mol. The normalized spacial score (nSPS) is 17.2. The molecule has 4 heterocycles. The SMILES string of the molecule is O=C(Nc1ccc(Oc2ccnc(NC(=S)N3CCCC3)c2)cn1)C1CCN(c2ccccc2)C1=O. The highest BCUT2D eigenvalue weighted by molar-refractivity contribution is 7.80. The summed E-state index contributed by atoms with van der Waals surface area (Å²) in [6, 6.07) is 16.2. The van der Waals surface area contributed by atoms with Gasteiger partial charge in [0.25, 0.3) is 0 Å². The van der Waals surface area contributed by atoms with E-state index in [4.69, 9.17) is 17.0 Å². The Hall–Kier alpha value is -4.05. The number of nitrogens with one attached hydrogen (secondary N) is 2. The van der Waals surface area contributed by atoms with Crippen molar-refractivity contribution in [1.29, 1.82) is 0 Å². The number of rotatable bonds is 6. The molecule has 2 N–H and O–H groups in total. The molecular formula is C26H26N6O3S. The van der Waals surface area contributed by atoms with Crippen LogP contribution in [0.4, 0.5) is 17.3 Å². The van der Waals surface area contributed by atoms with Crippen molar-refractivity contribution in [3.8, 4) is 11.5 Å². The molecule has 2 aliphatic heterocycles. The first-order chi connectivity index (χ1) is 17.6. The number of amides is 2. The molecule has 2 saturated heterocycles. The molecule has 0 bridgehead atoms. The zero-order valence-corrected chi connectivity index (χ0v) is 20.4. The van der Waals surface area contributed by atoms with E-state index < -0.39 is 5.92 Å². The van der Waals surface area contributed by atoms with E-state index in [0.717, 1.165) is 31.6 Å². The van der Waals surface area contributed by atoms with Gasteiger partial charge in [-0.25, -0.2) is 9.97 Å². The highest BCUT2D eigenvalue weighted by Crippen LogP contribution is 2.27. The summed E-state index contributed by atoms with van der Waals surface area (Å²) in [5, 5.41) is 6.56. The Morgan fingerprint density at radius 3 is 2.50 bits per heavy atom. The van der Waals surface area contributed by atoms with E-state index in [-0.39, 0.29) is 11.8 Å². The topological polar surface area (TPSA) is 99.7 Å². The summed E-state index contributed by atoms with van der Waals surface area (Å²) in [6.07, 6.45) is 5.91. The zero-order chi connectivity index (χ0) is 24.9. The van der Waals surface area contributed by atoms with Gasteiger partial charge in [-0.05, 0) is 61.8 Å². The predicted octanol–water partition coefficient (Wildman–Crippen LogP) is 4.05. The molecular weight excluding hydrogens is 476 g/mol. The first kappa shape index (κ1) is 23.7. The Labute approximate surface area is 214 Å². The lowest BCUT2D eigenvalue weighted by molar-refractivity contribution is -0.129. The number of anilines is 3. The summed E-state index contributed by atoms with van der Waals surface area (Å²) in [5.74, 6) is 0.728. The summed E-state index contributed by atoms with van der Waals surface area (Å²) in [6.45, 7) is 2.42. The number of carbonyl (C=O) groups is 2. The van der Waals surface area contributed by atoms with Crippen LogP contribution in [0, 0.1) is 5.92 Å². The van der Waals surface area contributed by atoms with Crippen LogP contribution in [0.25, 0.3) is 0 Å². The number of ether oxygens (including phenoxy) is 1. The highest BCUT2D eigenvalue weighted by atomic mass is 32.1. The van der Waals surface area contributed by atoms with Crippen molar-refractivity contribution >= 4 is 46.5 Å². The van der Waals surface area contributed by atoms with E-state index >= 15 is 0 Å². The van der Waals surface area contributed by atoms with Crippen molar-refractivity contribution in [1.82, 2.24) is 14.9 Å². The fourth-order valence-electron chi connectivity index (χ4n) is 4.30. The van der Waals surface area contributed by atoms with Crippen LogP contribution in [0.5, 0.6) is 11.5 Å². The van der Waals surface area contributed by atoms with E-state index in [0.29, 0.717) is 41.2 Å².